The van der Waals surface area contributed by atoms with Crippen molar-refractivity contribution in [1.29, 1.82) is 0 Å². The summed E-state index contributed by atoms with van der Waals surface area (Å²) in [5, 5.41) is 2.95. The summed E-state index contributed by atoms with van der Waals surface area (Å²) in [6.07, 6.45) is 2.59. The zero-order valence-electron chi connectivity index (χ0n) is 12.2. The van der Waals surface area contributed by atoms with Crippen LogP contribution in [0.4, 0.5) is 5.82 Å². The Morgan fingerprint density at radius 2 is 2.05 bits per heavy atom. The molecule has 3 rings (SSSR count). The highest BCUT2D eigenvalue weighted by Crippen LogP contribution is 2.30. The van der Waals surface area contributed by atoms with E-state index in [2.05, 4.69) is 15.3 Å². The molecule has 0 radical (unpaired) electrons. The highest BCUT2D eigenvalue weighted by molar-refractivity contribution is 5.91. The molecule has 22 heavy (non-hydrogen) atoms. The molecule has 1 aromatic carbocycles. The third kappa shape index (κ3) is 3.66. The van der Waals surface area contributed by atoms with Gasteiger partial charge in [-0.15, -0.1) is 0 Å². The molecule has 0 atom stereocenters. The molecule has 0 saturated carbocycles. The first-order valence-electron chi connectivity index (χ1n) is 7.18. The van der Waals surface area contributed by atoms with Crippen molar-refractivity contribution in [2.75, 3.05) is 18.5 Å². The highest BCUT2D eigenvalue weighted by Gasteiger charge is 2.10. The third-order valence-electron chi connectivity index (χ3n) is 3.16. The van der Waals surface area contributed by atoms with Crippen LogP contribution in [-0.2, 0) is 6.54 Å². The van der Waals surface area contributed by atoms with Crippen molar-refractivity contribution in [3.63, 3.8) is 0 Å². The zero-order chi connectivity index (χ0) is 15.2. The second kappa shape index (κ2) is 6.80. The van der Waals surface area contributed by atoms with Gasteiger partial charge in [0.05, 0.1) is 19.8 Å². The van der Waals surface area contributed by atoms with E-state index in [1.807, 2.05) is 36.4 Å². The van der Waals surface area contributed by atoms with Crippen LogP contribution >= 0.6 is 0 Å². The second-order valence-electron chi connectivity index (χ2n) is 4.87. The number of benzene rings is 1. The summed E-state index contributed by atoms with van der Waals surface area (Å²) in [7, 11) is 0. The topological polar surface area (TPSA) is 81.8 Å². The molecule has 0 amide bonds. The summed E-state index contributed by atoms with van der Waals surface area (Å²) >= 11 is 0. The lowest BCUT2D eigenvalue weighted by Gasteiger charge is -2.08. The molecule has 0 spiro atoms. The molecule has 6 nitrogen and oxygen atoms in total. The molecule has 6 heteroatoms. The molecule has 1 aliphatic heterocycles. The molecule has 0 saturated heterocycles. The molecule has 1 aromatic heterocycles. The van der Waals surface area contributed by atoms with Crippen molar-refractivity contribution in [3.05, 3.63) is 48.2 Å². The Balaban J connectivity index is 1.65. The Hall–Kier alpha value is -2.76. The van der Waals surface area contributed by atoms with Crippen LogP contribution in [0.1, 0.15) is 12.0 Å². The molecule has 0 unspecified atom stereocenters. The van der Waals surface area contributed by atoms with Gasteiger partial charge in [0.25, 0.3) is 0 Å². The average molecular weight is 298 g/mol. The van der Waals surface area contributed by atoms with Crippen LogP contribution in [0.25, 0.3) is 0 Å². The van der Waals surface area contributed by atoms with Crippen molar-refractivity contribution in [2.45, 2.75) is 13.0 Å². The van der Waals surface area contributed by atoms with Gasteiger partial charge in [0.2, 0.25) is 0 Å². The lowest BCUT2D eigenvalue weighted by atomic mass is 10.2. The van der Waals surface area contributed by atoms with Crippen LogP contribution in [0.2, 0.25) is 0 Å². The van der Waals surface area contributed by atoms with Crippen LogP contribution in [-0.4, -0.2) is 24.2 Å². The number of nitrogens with one attached hydrogen (secondary N) is 1. The van der Waals surface area contributed by atoms with Gasteiger partial charge in [-0.3, -0.25) is 0 Å². The molecule has 0 bridgehead atoms. The molecular formula is C16H18N4O2. The van der Waals surface area contributed by atoms with E-state index in [-0.39, 0.29) is 0 Å². The van der Waals surface area contributed by atoms with Gasteiger partial charge in [-0.25, -0.2) is 9.98 Å². The average Bonchev–Trinajstić information content (AvgIpc) is 2.78. The minimum Gasteiger partial charge on any atom is -0.490 e. The highest BCUT2D eigenvalue weighted by atomic mass is 16.5. The van der Waals surface area contributed by atoms with Crippen molar-refractivity contribution in [2.24, 2.45) is 10.7 Å². The zero-order valence-corrected chi connectivity index (χ0v) is 12.2. The summed E-state index contributed by atoms with van der Waals surface area (Å²) in [6.45, 7) is 1.82. The number of rotatable bonds is 3. The maximum atomic E-state index is 5.86. The molecule has 1 aliphatic rings. The van der Waals surface area contributed by atoms with Crippen molar-refractivity contribution < 1.29 is 9.47 Å². The summed E-state index contributed by atoms with van der Waals surface area (Å²) in [5.74, 6) is 2.54. The third-order valence-corrected chi connectivity index (χ3v) is 3.16. The Bertz CT molecular complexity index is 658. The Morgan fingerprint density at radius 3 is 2.86 bits per heavy atom. The van der Waals surface area contributed by atoms with E-state index in [0.29, 0.717) is 31.5 Å². The van der Waals surface area contributed by atoms with E-state index in [1.165, 1.54) is 0 Å². The number of guanidine groups is 1. The SMILES string of the molecule is NC(=NCc1ccc2c(c1)OCCCO2)Nc1ccccn1. The first kappa shape index (κ1) is 14.2. The number of aromatic nitrogens is 1. The molecule has 114 valence electrons. The van der Waals surface area contributed by atoms with E-state index >= 15 is 0 Å². The van der Waals surface area contributed by atoms with Gasteiger partial charge in [-0.1, -0.05) is 12.1 Å². The summed E-state index contributed by atoms with van der Waals surface area (Å²) in [5.41, 5.74) is 6.87. The largest absolute Gasteiger partial charge is 0.490 e. The van der Waals surface area contributed by atoms with Crippen LogP contribution in [0.5, 0.6) is 11.5 Å². The predicted octanol–water partition coefficient (Wildman–Crippen LogP) is 2.17. The first-order chi connectivity index (χ1) is 10.8. The van der Waals surface area contributed by atoms with E-state index < -0.39 is 0 Å². The number of ether oxygens (including phenoxy) is 2. The molecule has 0 fully saturated rings. The van der Waals surface area contributed by atoms with Gasteiger partial charge in [-0.2, -0.15) is 0 Å². The van der Waals surface area contributed by atoms with Crippen LogP contribution in [0.15, 0.2) is 47.6 Å². The molecule has 2 aromatic rings. The van der Waals surface area contributed by atoms with Crippen LogP contribution < -0.4 is 20.5 Å². The monoisotopic (exact) mass is 298 g/mol. The van der Waals surface area contributed by atoms with Crippen LogP contribution in [0, 0.1) is 0 Å². The number of pyridine rings is 1. The number of nitrogens with two attached hydrogens (primary N) is 1. The van der Waals surface area contributed by atoms with Crippen molar-refractivity contribution in [3.8, 4) is 11.5 Å². The Kier molecular flexibility index (Phi) is 4.38. The Labute approximate surface area is 129 Å². The molecule has 2 heterocycles. The minimum absolute atomic E-state index is 0.325. The van der Waals surface area contributed by atoms with Gasteiger partial charge >= 0.3 is 0 Å². The number of hydrogen-bond donors (Lipinski definition) is 2. The van der Waals surface area contributed by atoms with Gasteiger partial charge < -0.3 is 20.5 Å². The summed E-state index contributed by atoms with van der Waals surface area (Å²) < 4.78 is 11.3. The fourth-order valence-corrected chi connectivity index (χ4v) is 2.09. The molecule has 0 aliphatic carbocycles. The van der Waals surface area contributed by atoms with Gasteiger partial charge in [0.15, 0.2) is 17.5 Å². The number of aliphatic imine (C=N–C) groups is 1. The van der Waals surface area contributed by atoms with E-state index in [1.54, 1.807) is 6.20 Å². The van der Waals surface area contributed by atoms with E-state index in [0.717, 1.165) is 23.5 Å². The predicted molar refractivity (Wildman–Crippen MR) is 85.2 cm³/mol. The van der Waals surface area contributed by atoms with Crippen molar-refractivity contribution >= 4 is 11.8 Å². The first-order valence-corrected chi connectivity index (χ1v) is 7.18. The van der Waals surface area contributed by atoms with Crippen LogP contribution in [0.3, 0.4) is 0 Å². The van der Waals surface area contributed by atoms with Gasteiger partial charge in [-0.05, 0) is 29.8 Å². The van der Waals surface area contributed by atoms with E-state index in [4.69, 9.17) is 15.2 Å². The number of nitrogens with zero attached hydrogens (tertiary/aromatic N) is 2. The maximum absolute atomic E-state index is 5.86. The number of hydrogen-bond acceptors (Lipinski definition) is 4. The summed E-state index contributed by atoms with van der Waals surface area (Å²) in [6, 6.07) is 11.4. The number of anilines is 1. The smallest absolute Gasteiger partial charge is 0.194 e. The fraction of sp³-hybridized carbons (Fsp3) is 0.250. The standard InChI is InChI=1S/C16H18N4O2/c17-16(20-15-4-1-2-7-18-15)19-11-12-5-6-13-14(10-12)22-9-3-8-21-13/h1-2,4-7,10H,3,8-9,11H2,(H3,17,18,19,20). The van der Waals surface area contributed by atoms with E-state index in [9.17, 15) is 0 Å². The maximum Gasteiger partial charge on any atom is 0.194 e. The van der Waals surface area contributed by atoms with Crippen molar-refractivity contribution in [1.82, 2.24) is 4.98 Å². The normalized spacial score (nSPS) is 14.3. The Morgan fingerprint density at radius 1 is 1.18 bits per heavy atom. The lowest BCUT2D eigenvalue weighted by Crippen LogP contribution is -2.23. The fourth-order valence-electron chi connectivity index (χ4n) is 2.09. The summed E-state index contributed by atoms with van der Waals surface area (Å²) in [4.78, 5) is 8.44. The minimum atomic E-state index is 0.325. The quantitative estimate of drug-likeness (QED) is 0.670. The number of fused-ring (bicyclic) bond motifs is 1. The van der Waals surface area contributed by atoms with Gasteiger partial charge in [0.1, 0.15) is 5.82 Å². The molecular weight excluding hydrogens is 280 g/mol. The second-order valence-corrected chi connectivity index (χ2v) is 4.87. The van der Waals surface area contributed by atoms with Gasteiger partial charge in [0, 0.05) is 12.6 Å². The lowest BCUT2D eigenvalue weighted by molar-refractivity contribution is 0.297. The molecule has 3 N–H and O–H groups in total.